The number of hydrogen-bond acceptors (Lipinski definition) is 5. The maximum absolute atomic E-state index is 12.9. The van der Waals surface area contributed by atoms with Crippen LogP contribution in [-0.4, -0.2) is 85.9 Å². The van der Waals surface area contributed by atoms with Crippen LogP contribution in [0.5, 0.6) is 0 Å². The lowest BCUT2D eigenvalue weighted by Crippen LogP contribution is -2.55. The molecule has 0 unspecified atom stereocenters. The van der Waals surface area contributed by atoms with Gasteiger partial charge in [-0.1, -0.05) is 0 Å². The highest BCUT2D eigenvalue weighted by molar-refractivity contribution is 7.89. The summed E-state index contributed by atoms with van der Waals surface area (Å²) in [5.41, 5.74) is 0. The highest BCUT2D eigenvalue weighted by Gasteiger charge is 2.37. The minimum absolute atomic E-state index is 0.193. The van der Waals surface area contributed by atoms with Crippen molar-refractivity contribution in [1.29, 1.82) is 0 Å². The van der Waals surface area contributed by atoms with Gasteiger partial charge in [-0.15, -0.1) is 0 Å². The first-order valence-corrected chi connectivity index (χ1v) is 11.3. The van der Waals surface area contributed by atoms with Crippen molar-refractivity contribution in [3.05, 3.63) is 0 Å². The molecule has 0 spiro atoms. The Morgan fingerprint density at radius 3 is 1.92 bits per heavy atom. The largest absolute Gasteiger partial charge is 0.306 e. The molecule has 1 aliphatic carbocycles. The van der Waals surface area contributed by atoms with Crippen LogP contribution in [0.15, 0.2) is 0 Å². The smallest absolute Gasteiger partial charge is 0.217 e. The van der Waals surface area contributed by atoms with E-state index in [0.29, 0.717) is 24.9 Å². The fourth-order valence-corrected chi connectivity index (χ4v) is 6.56. The van der Waals surface area contributed by atoms with Crippen molar-refractivity contribution < 1.29 is 13.2 Å². The molecule has 0 amide bonds. The first-order valence-electron chi connectivity index (χ1n) is 9.80. The molecule has 0 radical (unpaired) electrons. The Morgan fingerprint density at radius 1 is 0.840 bits per heavy atom. The molecule has 0 bridgehead atoms. The van der Waals surface area contributed by atoms with Gasteiger partial charge in [0.2, 0.25) is 10.0 Å². The highest BCUT2D eigenvalue weighted by atomic mass is 32.2. The molecule has 25 heavy (non-hydrogen) atoms. The van der Waals surface area contributed by atoms with Crippen LogP contribution in [0.3, 0.4) is 0 Å². The summed E-state index contributed by atoms with van der Waals surface area (Å²) in [6.45, 7) is 6.38. The van der Waals surface area contributed by atoms with Gasteiger partial charge in [0.05, 0.1) is 5.25 Å². The number of piperazine rings is 1. The monoisotopic (exact) mass is 371 g/mol. The number of rotatable bonds is 4. The number of piperidine rings is 1. The lowest BCUT2D eigenvalue weighted by Gasteiger charge is -2.42. The van der Waals surface area contributed by atoms with Gasteiger partial charge in [0.1, 0.15) is 5.78 Å². The van der Waals surface area contributed by atoms with Crippen LogP contribution in [-0.2, 0) is 14.8 Å². The van der Waals surface area contributed by atoms with Crippen LogP contribution in [0.4, 0.5) is 0 Å². The van der Waals surface area contributed by atoms with Gasteiger partial charge >= 0.3 is 0 Å². The van der Waals surface area contributed by atoms with E-state index in [1.807, 2.05) is 0 Å². The van der Waals surface area contributed by atoms with Gasteiger partial charge in [0.25, 0.3) is 0 Å². The summed E-state index contributed by atoms with van der Waals surface area (Å²) in [6.07, 6.45) is 5.66. The van der Waals surface area contributed by atoms with Crippen molar-refractivity contribution in [2.45, 2.75) is 56.7 Å². The molecule has 0 aromatic heterocycles. The normalized spacial score (nSPS) is 31.9. The molecule has 0 aromatic carbocycles. The van der Waals surface area contributed by atoms with E-state index in [1.54, 1.807) is 11.2 Å². The van der Waals surface area contributed by atoms with E-state index in [-0.39, 0.29) is 11.2 Å². The van der Waals surface area contributed by atoms with Crippen LogP contribution in [0, 0.1) is 5.92 Å². The van der Waals surface area contributed by atoms with Crippen molar-refractivity contribution >= 4 is 15.8 Å². The molecule has 3 aliphatic rings. The van der Waals surface area contributed by atoms with Crippen LogP contribution in [0.2, 0.25) is 0 Å². The van der Waals surface area contributed by atoms with Crippen molar-refractivity contribution in [3.8, 4) is 0 Å². The molecule has 1 saturated carbocycles. The zero-order chi connectivity index (χ0) is 18.0. The summed E-state index contributed by atoms with van der Waals surface area (Å²) in [7, 11) is -1.09. The second-order valence-electron chi connectivity index (χ2n) is 8.10. The number of Topliss-reactive ketones (excluding diaryl/α,β-unsaturated/α-hetero) is 1. The Hall–Kier alpha value is -0.500. The number of sulfonamides is 1. The van der Waals surface area contributed by atoms with E-state index in [2.05, 4.69) is 16.8 Å². The van der Waals surface area contributed by atoms with Gasteiger partial charge in [0.15, 0.2) is 0 Å². The summed E-state index contributed by atoms with van der Waals surface area (Å²) in [5, 5.41) is -0.193. The Kier molecular flexibility index (Phi) is 6.19. The highest BCUT2D eigenvalue weighted by Crippen LogP contribution is 2.29. The van der Waals surface area contributed by atoms with Gasteiger partial charge in [-0.3, -0.25) is 9.69 Å². The number of carbonyl (C=O) groups is 1. The zero-order valence-electron chi connectivity index (χ0n) is 15.7. The molecule has 6 nitrogen and oxygen atoms in total. The molecule has 2 saturated heterocycles. The number of nitrogens with zero attached hydrogens (tertiary/aromatic N) is 3. The Bertz CT molecular complexity index is 556. The molecule has 2 aliphatic heterocycles. The number of likely N-dealkylation sites (tertiary alicyclic amines) is 1. The minimum atomic E-state index is -3.15. The lowest BCUT2D eigenvalue weighted by atomic mass is 9.83. The number of hydrogen-bond donors (Lipinski definition) is 0. The summed E-state index contributed by atoms with van der Waals surface area (Å²) in [5.74, 6) is 0.579. The molecular formula is C18H33N3O3S. The Labute approximate surface area is 152 Å². The van der Waals surface area contributed by atoms with E-state index >= 15 is 0 Å². The van der Waals surface area contributed by atoms with E-state index in [4.69, 9.17) is 0 Å². The van der Waals surface area contributed by atoms with E-state index in [9.17, 15) is 13.2 Å². The van der Waals surface area contributed by atoms with Crippen molar-refractivity contribution in [2.75, 3.05) is 46.3 Å². The summed E-state index contributed by atoms with van der Waals surface area (Å²) >= 11 is 0. The first kappa shape index (κ1) is 19.3. The summed E-state index contributed by atoms with van der Waals surface area (Å²) < 4.78 is 27.5. The quantitative estimate of drug-likeness (QED) is 0.743. The second kappa shape index (κ2) is 8.03. The van der Waals surface area contributed by atoms with Gasteiger partial charge in [0, 0.05) is 38.1 Å². The van der Waals surface area contributed by atoms with Crippen LogP contribution < -0.4 is 0 Å². The molecule has 3 rings (SSSR count). The van der Waals surface area contributed by atoms with Crippen molar-refractivity contribution in [2.24, 2.45) is 5.92 Å². The Morgan fingerprint density at radius 2 is 1.40 bits per heavy atom. The topological polar surface area (TPSA) is 60.9 Å². The third-order valence-corrected chi connectivity index (χ3v) is 8.91. The number of ketones is 1. The predicted octanol–water partition coefficient (Wildman–Crippen LogP) is 1.18. The Balaban J connectivity index is 1.49. The van der Waals surface area contributed by atoms with Crippen LogP contribution in [0.25, 0.3) is 0 Å². The van der Waals surface area contributed by atoms with Gasteiger partial charge < -0.3 is 4.90 Å². The third-order valence-electron chi connectivity index (χ3n) is 6.51. The number of carbonyl (C=O) groups excluding carboxylic acids is 1. The molecule has 144 valence electrons. The predicted molar refractivity (Wildman–Crippen MR) is 99.0 cm³/mol. The molecule has 0 atom stereocenters. The lowest BCUT2D eigenvalue weighted by molar-refractivity contribution is -0.122. The maximum atomic E-state index is 12.9. The van der Waals surface area contributed by atoms with Crippen LogP contribution >= 0.6 is 0 Å². The molecular weight excluding hydrogens is 338 g/mol. The van der Waals surface area contributed by atoms with Gasteiger partial charge in [-0.25, -0.2) is 8.42 Å². The molecule has 7 heteroatoms. The molecule has 0 aromatic rings. The molecule has 0 N–H and O–H groups in total. The van der Waals surface area contributed by atoms with E-state index < -0.39 is 10.0 Å². The standard InChI is InChI=1S/C18H33N3O3S/c1-15(22)16-3-5-17(6-4-16)20-11-13-21(14-12-20)25(23,24)18-7-9-19(2)10-8-18/h16-18H,3-14H2,1-2H3. The van der Waals surface area contributed by atoms with Gasteiger partial charge in [-0.05, 0) is 65.6 Å². The maximum Gasteiger partial charge on any atom is 0.217 e. The average molecular weight is 372 g/mol. The molecule has 3 fully saturated rings. The minimum Gasteiger partial charge on any atom is -0.306 e. The van der Waals surface area contributed by atoms with Crippen LogP contribution in [0.1, 0.15) is 45.4 Å². The van der Waals surface area contributed by atoms with Gasteiger partial charge in [-0.2, -0.15) is 4.31 Å². The third kappa shape index (κ3) is 4.43. The average Bonchev–Trinajstić information content (AvgIpc) is 2.62. The summed E-state index contributed by atoms with van der Waals surface area (Å²) in [4.78, 5) is 16.2. The first-order chi connectivity index (χ1) is 11.9. The fourth-order valence-electron chi connectivity index (χ4n) is 4.66. The summed E-state index contributed by atoms with van der Waals surface area (Å²) in [6, 6.07) is 0.531. The zero-order valence-corrected chi connectivity index (χ0v) is 16.5. The van der Waals surface area contributed by atoms with E-state index in [0.717, 1.165) is 64.7 Å². The SMILES string of the molecule is CC(=O)C1CCC(N2CCN(S(=O)(=O)C3CCN(C)CC3)CC2)CC1. The second-order valence-corrected chi connectivity index (χ2v) is 10.3. The van der Waals surface area contributed by atoms with E-state index in [1.165, 1.54) is 0 Å². The molecule has 2 heterocycles. The fraction of sp³-hybridized carbons (Fsp3) is 0.944. The van der Waals surface area contributed by atoms with Crippen molar-refractivity contribution in [1.82, 2.24) is 14.1 Å². The van der Waals surface area contributed by atoms with Crippen molar-refractivity contribution in [3.63, 3.8) is 0 Å².